The predicted molar refractivity (Wildman–Crippen MR) is 77.0 cm³/mol. The molecule has 0 spiro atoms. The molecule has 0 saturated heterocycles. The van der Waals surface area contributed by atoms with Gasteiger partial charge in [0.2, 0.25) is 0 Å². The summed E-state index contributed by atoms with van der Waals surface area (Å²) < 4.78 is 5.02. The molecule has 1 fully saturated rings. The first-order valence-electron chi connectivity index (χ1n) is 6.93. The lowest BCUT2D eigenvalue weighted by Gasteiger charge is -2.22. The molecule has 3 N–H and O–H groups in total. The number of hydrogen-bond acceptors (Lipinski definition) is 3. The minimum absolute atomic E-state index is 0.698. The highest BCUT2D eigenvalue weighted by Crippen LogP contribution is 2.34. The van der Waals surface area contributed by atoms with Gasteiger partial charge in [-0.3, -0.25) is 0 Å². The molecule has 0 radical (unpaired) electrons. The Morgan fingerprint density at radius 1 is 1.28 bits per heavy atom. The Labute approximate surface area is 110 Å². The third kappa shape index (κ3) is 3.39. The monoisotopic (exact) mass is 248 g/mol. The molecule has 3 nitrogen and oxygen atoms in total. The highest BCUT2D eigenvalue weighted by atomic mass is 16.5. The largest absolute Gasteiger partial charge is 0.397 e. The highest BCUT2D eigenvalue weighted by Gasteiger charge is 2.16. The van der Waals surface area contributed by atoms with Gasteiger partial charge in [0.1, 0.15) is 0 Å². The SMILES string of the molecule is COCCNc1ccc(C2CCCCC2)cc1N. The van der Waals surface area contributed by atoms with Crippen molar-refractivity contribution in [1.29, 1.82) is 0 Å². The van der Waals surface area contributed by atoms with E-state index in [0.29, 0.717) is 12.5 Å². The summed E-state index contributed by atoms with van der Waals surface area (Å²) in [7, 11) is 1.71. The van der Waals surface area contributed by atoms with Crippen molar-refractivity contribution in [1.82, 2.24) is 0 Å². The maximum atomic E-state index is 6.11. The van der Waals surface area contributed by atoms with E-state index in [1.165, 1.54) is 37.7 Å². The molecule has 100 valence electrons. The lowest BCUT2D eigenvalue weighted by atomic mass is 9.84. The second-order valence-electron chi connectivity index (χ2n) is 5.10. The maximum absolute atomic E-state index is 6.11. The Kier molecular flexibility index (Phi) is 4.88. The van der Waals surface area contributed by atoms with E-state index in [1.54, 1.807) is 7.11 Å². The van der Waals surface area contributed by atoms with E-state index < -0.39 is 0 Å². The zero-order valence-electron chi connectivity index (χ0n) is 11.2. The van der Waals surface area contributed by atoms with Crippen molar-refractivity contribution in [3.05, 3.63) is 23.8 Å². The molecule has 0 atom stereocenters. The zero-order chi connectivity index (χ0) is 12.8. The van der Waals surface area contributed by atoms with Crippen molar-refractivity contribution < 1.29 is 4.74 Å². The fourth-order valence-corrected chi connectivity index (χ4v) is 2.72. The van der Waals surface area contributed by atoms with Crippen LogP contribution in [0.1, 0.15) is 43.6 Å². The number of nitrogen functional groups attached to an aromatic ring is 1. The molecule has 0 amide bonds. The van der Waals surface area contributed by atoms with Gasteiger partial charge in [-0.05, 0) is 36.5 Å². The summed E-state index contributed by atoms with van der Waals surface area (Å²) in [5, 5.41) is 3.29. The van der Waals surface area contributed by atoms with E-state index in [1.807, 2.05) is 0 Å². The molecule has 1 aliphatic carbocycles. The van der Waals surface area contributed by atoms with E-state index in [9.17, 15) is 0 Å². The Morgan fingerprint density at radius 3 is 2.72 bits per heavy atom. The Hall–Kier alpha value is -1.22. The summed E-state index contributed by atoms with van der Waals surface area (Å²) in [6.07, 6.45) is 6.74. The van der Waals surface area contributed by atoms with E-state index in [-0.39, 0.29) is 0 Å². The summed E-state index contributed by atoms with van der Waals surface area (Å²) in [5.41, 5.74) is 9.39. The number of ether oxygens (including phenoxy) is 1. The van der Waals surface area contributed by atoms with Crippen LogP contribution in [-0.4, -0.2) is 20.3 Å². The summed E-state index contributed by atoms with van der Waals surface area (Å²) in [6.45, 7) is 1.49. The fraction of sp³-hybridized carbons (Fsp3) is 0.600. The van der Waals surface area contributed by atoms with Gasteiger partial charge in [0.25, 0.3) is 0 Å². The Bertz CT molecular complexity index is 373. The van der Waals surface area contributed by atoms with Crippen LogP contribution in [0.25, 0.3) is 0 Å². The fourth-order valence-electron chi connectivity index (χ4n) is 2.72. The van der Waals surface area contributed by atoms with Crippen LogP contribution in [0.2, 0.25) is 0 Å². The molecule has 0 bridgehead atoms. The summed E-state index contributed by atoms with van der Waals surface area (Å²) in [4.78, 5) is 0. The molecule has 1 aliphatic rings. The second kappa shape index (κ2) is 6.64. The van der Waals surface area contributed by atoms with Crippen molar-refractivity contribution in [2.24, 2.45) is 0 Å². The third-order valence-electron chi connectivity index (χ3n) is 3.77. The Morgan fingerprint density at radius 2 is 2.06 bits per heavy atom. The van der Waals surface area contributed by atoms with E-state index in [0.717, 1.165) is 17.9 Å². The van der Waals surface area contributed by atoms with Gasteiger partial charge in [-0.1, -0.05) is 25.3 Å². The standard InChI is InChI=1S/C15H24N2O/c1-18-10-9-17-15-8-7-13(11-14(15)16)12-5-3-2-4-6-12/h7-8,11-12,17H,2-6,9-10,16H2,1H3. The highest BCUT2D eigenvalue weighted by molar-refractivity contribution is 5.67. The van der Waals surface area contributed by atoms with Crippen LogP contribution in [0.4, 0.5) is 11.4 Å². The topological polar surface area (TPSA) is 47.3 Å². The van der Waals surface area contributed by atoms with Crippen LogP contribution >= 0.6 is 0 Å². The Balaban J connectivity index is 1.99. The molecule has 0 aromatic heterocycles. The number of methoxy groups -OCH3 is 1. The summed E-state index contributed by atoms with van der Waals surface area (Å²) in [6, 6.07) is 6.47. The number of nitrogens with two attached hydrogens (primary N) is 1. The van der Waals surface area contributed by atoms with Crippen LogP contribution in [-0.2, 0) is 4.74 Å². The van der Waals surface area contributed by atoms with Gasteiger partial charge < -0.3 is 15.8 Å². The molecular weight excluding hydrogens is 224 g/mol. The van der Waals surface area contributed by atoms with Crippen molar-refractivity contribution >= 4 is 11.4 Å². The molecule has 2 rings (SSSR count). The van der Waals surface area contributed by atoms with Gasteiger partial charge in [0.05, 0.1) is 18.0 Å². The average molecular weight is 248 g/mol. The molecule has 0 heterocycles. The first kappa shape index (κ1) is 13.2. The molecule has 18 heavy (non-hydrogen) atoms. The normalized spacial score (nSPS) is 16.7. The van der Waals surface area contributed by atoms with Crippen molar-refractivity contribution in [3.63, 3.8) is 0 Å². The van der Waals surface area contributed by atoms with Crippen LogP contribution in [0, 0.1) is 0 Å². The van der Waals surface area contributed by atoms with E-state index >= 15 is 0 Å². The number of anilines is 2. The number of nitrogens with one attached hydrogen (secondary N) is 1. The van der Waals surface area contributed by atoms with Crippen LogP contribution in [0.15, 0.2) is 18.2 Å². The second-order valence-corrected chi connectivity index (χ2v) is 5.10. The predicted octanol–water partition coefficient (Wildman–Crippen LogP) is 3.37. The van der Waals surface area contributed by atoms with Crippen LogP contribution < -0.4 is 11.1 Å². The molecular formula is C15H24N2O. The average Bonchev–Trinajstić information content (AvgIpc) is 2.42. The third-order valence-corrected chi connectivity index (χ3v) is 3.77. The van der Waals surface area contributed by atoms with Crippen molar-refractivity contribution in [2.75, 3.05) is 31.3 Å². The first-order valence-corrected chi connectivity index (χ1v) is 6.93. The molecule has 1 aromatic carbocycles. The van der Waals surface area contributed by atoms with Gasteiger partial charge in [0.15, 0.2) is 0 Å². The molecule has 1 saturated carbocycles. The van der Waals surface area contributed by atoms with E-state index in [2.05, 4.69) is 23.5 Å². The zero-order valence-corrected chi connectivity index (χ0v) is 11.2. The van der Waals surface area contributed by atoms with Gasteiger partial charge >= 0.3 is 0 Å². The quantitative estimate of drug-likeness (QED) is 0.620. The summed E-state index contributed by atoms with van der Waals surface area (Å²) >= 11 is 0. The van der Waals surface area contributed by atoms with Gasteiger partial charge in [-0.15, -0.1) is 0 Å². The maximum Gasteiger partial charge on any atom is 0.0635 e. The molecule has 1 aromatic rings. The van der Waals surface area contributed by atoms with Crippen LogP contribution in [0.5, 0.6) is 0 Å². The van der Waals surface area contributed by atoms with Gasteiger partial charge in [0, 0.05) is 13.7 Å². The number of rotatable bonds is 5. The number of hydrogen-bond donors (Lipinski definition) is 2. The molecule has 0 aliphatic heterocycles. The van der Waals surface area contributed by atoms with Crippen molar-refractivity contribution in [3.8, 4) is 0 Å². The number of benzene rings is 1. The lowest BCUT2D eigenvalue weighted by Crippen LogP contribution is -2.10. The molecule has 0 unspecified atom stereocenters. The van der Waals surface area contributed by atoms with E-state index in [4.69, 9.17) is 10.5 Å². The smallest absolute Gasteiger partial charge is 0.0635 e. The first-order chi connectivity index (χ1) is 8.81. The van der Waals surface area contributed by atoms with Gasteiger partial charge in [-0.25, -0.2) is 0 Å². The summed E-state index contributed by atoms with van der Waals surface area (Å²) in [5.74, 6) is 0.717. The van der Waals surface area contributed by atoms with Crippen molar-refractivity contribution in [2.45, 2.75) is 38.0 Å². The minimum Gasteiger partial charge on any atom is -0.397 e. The minimum atomic E-state index is 0.698. The molecule has 3 heteroatoms. The van der Waals surface area contributed by atoms with Crippen LogP contribution in [0.3, 0.4) is 0 Å². The van der Waals surface area contributed by atoms with Gasteiger partial charge in [-0.2, -0.15) is 0 Å². The lowest BCUT2D eigenvalue weighted by molar-refractivity contribution is 0.211.